The zero-order valence-electron chi connectivity index (χ0n) is 15.6. The van der Waals surface area contributed by atoms with E-state index in [-0.39, 0.29) is 18.4 Å². The summed E-state index contributed by atoms with van der Waals surface area (Å²) < 4.78 is 0. The van der Waals surface area contributed by atoms with Gasteiger partial charge in [-0.1, -0.05) is 48.0 Å². The van der Waals surface area contributed by atoms with Crippen molar-refractivity contribution in [1.82, 2.24) is 10.3 Å². The molecule has 7 heteroatoms. The Morgan fingerprint density at radius 1 is 1.07 bits per heavy atom. The van der Waals surface area contributed by atoms with Crippen LogP contribution in [0.2, 0.25) is 5.02 Å². The highest BCUT2D eigenvalue weighted by Crippen LogP contribution is 2.26. The van der Waals surface area contributed by atoms with Gasteiger partial charge in [0.05, 0.1) is 6.54 Å². The summed E-state index contributed by atoms with van der Waals surface area (Å²) in [5.74, 6) is -0.599. The van der Waals surface area contributed by atoms with Crippen LogP contribution in [0.1, 0.15) is 31.9 Å². The van der Waals surface area contributed by atoms with Gasteiger partial charge in [0.25, 0.3) is 5.91 Å². The van der Waals surface area contributed by atoms with Gasteiger partial charge >= 0.3 is 0 Å². The SMILES string of the molecule is Cc1ccccc1C(=O)NCC(=O)Nc1ncc(Cc2cccc(C)c2Cl)s1. The average Bonchev–Trinajstić information content (AvgIpc) is 3.10. The van der Waals surface area contributed by atoms with Crippen molar-refractivity contribution in [2.75, 3.05) is 11.9 Å². The molecule has 0 aliphatic carbocycles. The highest BCUT2D eigenvalue weighted by molar-refractivity contribution is 7.15. The normalized spacial score (nSPS) is 10.5. The van der Waals surface area contributed by atoms with Crippen molar-refractivity contribution < 1.29 is 9.59 Å². The highest BCUT2D eigenvalue weighted by atomic mass is 35.5. The van der Waals surface area contributed by atoms with Crippen molar-refractivity contribution in [2.24, 2.45) is 0 Å². The summed E-state index contributed by atoms with van der Waals surface area (Å²) in [5, 5.41) is 6.59. The zero-order valence-corrected chi connectivity index (χ0v) is 17.2. The van der Waals surface area contributed by atoms with E-state index in [0.29, 0.717) is 17.1 Å². The number of rotatable bonds is 6. The molecule has 0 radical (unpaired) electrons. The van der Waals surface area contributed by atoms with Crippen molar-refractivity contribution >= 4 is 39.9 Å². The molecule has 2 N–H and O–H groups in total. The van der Waals surface area contributed by atoms with Crippen LogP contribution in [0.25, 0.3) is 0 Å². The van der Waals surface area contributed by atoms with Gasteiger partial charge in [0.2, 0.25) is 5.91 Å². The van der Waals surface area contributed by atoms with Crippen molar-refractivity contribution in [2.45, 2.75) is 20.3 Å². The van der Waals surface area contributed by atoms with Gasteiger partial charge in [0, 0.05) is 28.1 Å². The van der Waals surface area contributed by atoms with Gasteiger partial charge < -0.3 is 10.6 Å². The van der Waals surface area contributed by atoms with Gasteiger partial charge in [-0.2, -0.15) is 0 Å². The van der Waals surface area contributed by atoms with Crippen LogP contribution in [0.3, 0.4) is 0 Å². The lowest BCUT2D eigenvalue weighted by Gasteiger charge is -2.07. The Morgan fingerprint density at radius 3 is 2.61 bits per heavy atom. The summed E-state index contributed by atoms with van der Waals surface area (Å²) in [6.07, 6.45) is 2.38. The predicted octanol–water partition coefficient (Wildman–Crippen LogP) is 4.37. The molecule has 0 atom stereocenters. The number of anilines is 1. The van der Waals surface area contributed by atoms with E-state index < -0.39 is 0 Å². The first kappa shape index (κ1) is 20.0. The maximum Gasteiger partial charge on any atom is 0.251 e. The summed E-state index contributed by atoms with van der Waals surface area (Å²) in [4.78, 5) is 29.5. The number of amides is 2. The third kappa shape index (κ3) is 4.97. The molecule has 3 rings (SSSR count). The molecule has 1 heterocycles. The van der Waals surface area contributed by atoms with Gasteiger partial charge in [0.15, 0.2) is 5.13 Å². The van der Waals surface area contributed by atoms with E-state index in [2.05, 4.69) is 15.6 Å². The van der Waals surface area contributed by atoms with Gasteiger partial charge in [0.1, 0.15) is 0 Å². The lowest BCUT2D eigenvalue weighted by atomic mass is 10.1. The maximum absolute atomic E-state index is 12.2. The molecular weight excluding hydrogens is 394 g/mol. The van der Waals surface area contributed by atoms with Crippen LogP contribution in [0.4, 0.5) is 5.13 Å². The summed E-state index contributed by atoms with van der Waals surface area (Å²) >= 11 is 7.73. The number of hydrogen-bond donors (Lipinski definition) is 2. The minimum Gasteiger partial charge on any atom is -0.343 e. The van der Waals surface area contributed by atoms with Crippen molar-refractivity contribution in [3.05, 3.63) is 80.8 Å². The standard InChI is InChI=1S/C21H20ClN3O2S/c1-13-6-3-4-9-17(13)20(27)23-12-18(26)25-21-24-11-16(28-21)10-15-8-5-7-14(2)19(15)22/h3-9,11H,10,12H2,1-2H3,(H,23,27)(H,24,25,26). The number of aryl methyl sites for hydroxylation is 2. The number of aromatic nitrogens is 1. The summed E-state index contributed by atoms with van der Waals surface area (Å²) in [7, 11) is 0. The topological polar surface area (TPSA) is 71.1 Å². The van der Waals surface area contributed by atoms with Crippen molar-refractivity contribution in [3.8, 4) is 0 Å². The Labute approximate surface area is 172 Å². The van der Waals surface area contributed by atoms with Crippen LogP contribution in [-0.4, -0.2) is 23.3 Å². The molecule has 0 aliphatic heterocycles. The molecule has 3 aromatic rings. The van der Waals surface area contributed by atoms with Gasteiger partial charge in [-0.3, -0.25) is 9.59 Å². The van der Waals surface area contributed by atoms with E-state index in [0.717, 1.165) is 26.6 Å². The summed E-state index contributed by atoms with van der Waals surface area (Å²) in [6, 6.07) is 13.2. The molecule has 0 unspecified atom stereocenters. The van der Waals surface area contributed by atoms with Crippen LogP contribution in [0, 0.1) is 13.8 Å². The maximum atomic E-state index is 12.2. The summed E-state index contributed by atoms with van der Waals surface area (Å²) in [5.41, 5.74) is 3.47. The smallest absolute Gasteiger partial charge is 0.251 e. The average molecular weight is 414 g/mol. The fourth-order valence-electron chi connectivity index (χ4n) is 2.73. The first-order chi connectivity index (χ1) is 13.4. The van der Waals surface area contributed by atoms with Crippen molar-refractivity contribution in [1.29, 1.82) is 0 Å². The number of nitrogens with zero attached hydrogens (tertiary/aromatic N) is 1. The fraction of sp³-hybridized carbons (Fsp3) is 0.190. The molecule has 0 saturated heterocycles. The molecule has 5 nitrogen and oxygen atoms in total. The Kier molecular flexibility index (Phi) is 6.44. The molecule has 2 amide bonds. The Hall–Kier alpha value is -2.70. The Balaban J connectivity index is 1.55. The molecule has 0 bridgehead atoms. The summed E-state index contributed by atoms with van der Waals surface area (Å²) in [6.45, 7) is 3.70. The molecule has 0 saturated carbocycles. The molecule has 0 spiro atoms. The minimum absolute atomic E-state index is 0.119. The number of nitrogens with one attached hydrogen (secondary N) is 2. The number of halogens is 1. The van der Waals surface area contributed by atoms with E-state index in [1.807, 2.05) is 44.2 Å². The zero-order chi connectivity index (χ0) is 20.1. The third-order valence-electron chi connectivity index (χ3n) is 4.24. The lowest BCUT2D eigenvalue weighted by molar-refractivity contribution is -0.115. The molecule has 0 fully saturated rings. The van der Waals surface area contributed by atoms with Crippen LogP contribution >= 0.6 is 22.9 Å². The van der Waals surface area contributed by atoms with E-state index in [9.17, 15) is 9.59 Å². The third-order valence-corrected chi connectivity index (χ3v) is 5.69. The molecular formula is C21H20ClN3O2S. The number of benzene rings is 2. The fourth-order valence-corrected chi connectivity index (χ4v) is 3.77. The number of carbonyl (C=O) groups excluding carboxylic acids is 2. The second-order valence-electron chi connectivity index (χ2n) is 6.40. The second-order valence-corrected chi connectivity index (χ2v) is 7.90. The number of thiazole rings is 1. The molecule has 28 heavy (non-hydrogen) atoms. The molecule has 144 valence electrons. The molecule has 0 aliphatic rings. The first-order valence-corrected chi connectivity index (χ1v) is 9.96. The van der Waals surface area contributed by atoms with Gasteiger partial charge in [-0.05, 0) is 36.6 Å². The van der Waals surface area contributed by atoms with Gasteiger partial charge in [-0.15, -0.1) is 11.3 Å². The number of carbonyl (C=O) groups is 2. The first-order valence-electron chi connectivity index (χ1n) is 8.76. The van der Waals surface area contributed by atoms with E-state index in [1.54, 1.807) is 18.3 Å². The highest BCUT2D eigenvalue weighted by Gasteiger charge is 2.12. The Bertz CT molecular complexity index is 1020. The second kappa shape index (κ2) is 8.99. The van der Waals surface area contributed by atoms with Crippen LogP contribution in [0.15, 0.2) is 48.7 Å². The van der Waals surface area contributed by atoms with Crippen molar-refractivity contribution in [3.63, 3.8) is 0 Å². The largest absolute Gasteiger partial charge is 0.343 e. The van der Waals surface area contributed by atoms with Crippen LogP contribution < -0.4 is 10.6 Å². The van der Waals surface area contributed by atoms with E-state index >= 15 is 0 Å². The lowest BCUT2D eigenvalue weighted by Crippen LogP contribution is -2.33. The minimum atomic E-state index is -0.323. The predicted molar refractivity (Wildman–Crippen MR) is 113 cm³/mol. The monoisotopic (exact) mass is 413 g/mol. The van der Waals surface area contributed by atoms with Crippen LogP contribution in [-0.2, 0) is 11.2 Å². The Morgan fingerprint density at radius 2 is 1.82 bits per heavy atom. The van der Waals surface area contributed by atoms with Gasteiger partial charge in [-0.25, -0.2) is 4.98 Å². The van der Waals surface area contributed by atoms with Crippen LogP contribution in [0.5, 0.6) is 0 Å². The quantitative estimate of drug-likeness (QED) is 0.630. The van der Waals surface area contributed by atoms with E-state index in [1.165, 1.54) is 11.3 Å². The molecule has 1 aromatic heterocycles. The molecule has 2 aromatic carbocycles. The van der Waals surface area contributed by atoms with E-state index in [4.69, 9.17) is 11.6 Å². The number of hydrogen-bond acceptors (Lipinski definition) is 4.